The van der Waals surface area contributed by atoms with Crippen molar-refractivity contribution >= 4 is 23.4 Å². The average molecular weight is 277 g/mol. The summed E-state index contributed by atoms with van der Waals surface area (Å²) in [4.78, 5) is 25.5. The van der Waals surface area contributed by atoms with Crippen molar-refractivity contribution in [3.63, 3.8) is 0 Å². The minimum atomic E-state index is -0.785. The monoisotopic (exact) mass is 277 g/mol. The zero-order valence-electron chi connectivity index (χ0n) is 11.4. The Labute approximate surface area is 115 Å². The number of hydrogen-bond donors (Lipinski definition) is 2. The number of azide groups is 1. The summed E-state index contributed by atoms with van der Waals surface area (Å²) in [6.45, 7) is 5.17. The molecule has 0 bridgehead atoms. The summed E-state index contributed by atoms with van der Waals surface area (Å²) >= 11 is 0. The summed E-state index contributed by atoms with van der Waals surface area (Å²) in [6.07, 6.45) is -0.676. The van der Waals surface area contributed by atoms with E-state index in [1.807, 2.05) is 0 Å². The van der Waals surface area contributed by atoms with Gasteiger partial charge in [0.15, 0.2) is 0 Å². The first-order valence-electron chi connectivity index (χ1n) is 5.71. The molecule has 0 aliphatic rings. The Balaban J connectivity index is 2.94. The molecule has 0 spiro atoms. The van der Waals surface area contributed by atoms with E-state index in [0.29, 0.717) is 0 Å². The molecule has 0 aliphatic carbocycles. The van der Waals surface area contributed by atoms with Gasteiger partial charge in [-0.2, -0.15) is 0 Å². The highest BCUT2D eigenvalue weighted by Gasteiger charge is 2.16. The van der Waals surface area contributed by atoms with Crippen molar-refractivity contribution < 1.29 is 14.3 Å². The van der Waals surface area contributed by atoms with Gasteiger partial charge in [-0.3, -0.25) is 10.1 Å². The Morgan fingerprint density at radius 3 is 2.55 bits per heavy atom. The number of ether oxygens (including phenoxy) is 1. The number of nitrogens with zero attached hydrogens (tertiary/aromatic N) is 3. The number of carbonyl (C=O) groups excluding carboxylic acids is 2. The van der Waals surface area contributed by atoms with E-state index in [2.05, 4.69) is 15.3 Å². The van der Waals surface area contributed by atoms with E-state index in [1.165, 1.54) is 18.2 Å². The lowest BCUT2D eigenvalue weighted by molar-refractivity contribution is 0.0635. The summed E-state index contributed by atoms with van der Waals surface area (Å²) in [5.41, 5.74) is 13.8. The zero-order chi connectivity index (χ0) is 15.3. The van der Waals surface area contributed by atoms with Gasteiger partial charge >= 0.3 is 6.09 Å². The van der Waals surface area contributed by atoms with Gasteiger partial charge in [0, 0.05) is 21.8 Å². The first kappa shape index (κ1) is 15.3. The second-order valence-electron chi connectivity index (χ2n) is 4.97. The maximum atomic E-state index is 11.6. The Hall–Kier alpha value is -2.73. The largest absolute Gasteiger partial charge is 0.444 e. The maximum absolute atomic E-state index is 11.6. The minimum absolute atomic E-state index is 0.0776. The van der Waals surface area contributed by atoms with Crippen molar-refractivity contribution in [1.29, 1.82) is 0 Å². The summed E-state index contributed by atoms with van der Waals surface area (Å²) in [6, 6.07) is 4.14. The number of hydrogen-bond acceptors (Lipinski definition) is 4. The molecule has 0 aromatic heterocycles. The SMILES string of the molecule is CC(C)(C)OC(=O)Nc1cc(N)cc(C(=O)N=[N+]=[N-])c1. The molecule has 1 rings (SSSR count). The van der Waals surface area contributed by atoms with Crippen molar-refractivity contribution in [1.82, 2.24) is 0 Å². The predicted molar refractivity (Wildman–Crippen MR) is 74.2 cm³/mol. The van der Waals surface area contributed by atoms with Crippen LogP contribution in [-0.2, 0) is 4.74 Å². The fourth-order valence-electron chi connectivity index (χ4n) is 1.37. The van der Waals surface area contributed by atoms with Crippen LogP contribution in [0.2, 0.25) is 0 Å². The summed E-state index contributed by atoms with van der Waals surface area (Å²) in [5, 5.41) is 5.41. The summed E-state index contributed by atoms with van der Waals surface area (Å²) in [5.74, 6) is -0.785. The molecule has 0 atom stereocenters. The third-order valence-corrected chi connectivity index (χ3v) is 1.98. The lowest BCUT2D eigenvalue weighted by Crippen LogP contribution is -2.27. The smallest absolute Gasteiger partial charge is 0.412 e. The van der Waals surface area contributed by atoms with Gasteiger partial charge in [0.2, 0.25) is 5.91 Å². The minimum Gasteiger partial charge on any atom is -0.444 e. The molecular weight excluding hydrogens is 262 g/mol. The highest BCUT2D eigenvalue weighted by atomic mass is 16.6. The highest BCUT2D eigenvalue weighted by molar-refractivity contribution is 5.98. The van der Waals surface area contributed by atoms with Crippen LogP contribution in [0.3, 0.4) is 0 Å². The van der Waals surface area contributed by atoms with Crippen LogP contribution in [0.4, 0.5) is 16.2 Å². The first-order valence-corrected chi connectivity index (χ1v) is 5.71. The molecule has 0 saturated heterocycles. The Morgan fingerprint density at radius 2 is 2.00 bits per heavy atom. The quantitative estimate of drug-likeness (QED) is 0.372. The van der Waals surface area contributed by atoms with Crippen molar-refractivity contribution in [3.8, 4) is 0 Å². The van der Waals surface area contributed by atoms with Gasteiger partial charge in [-0.05, 0) is 49.6 Å². The molecule has 0 unspecified atom stereocenters. The van der Waals surface area contributed by atoms with Gasteiger partial charge in [-0.1, -0.05) is 0 Å². The molecule has 0 heterocycles. The van der Waals surface area contributed by atoms with Crippen LogP contribution in [0.5, 0.6) is 0 Å². The molecule has 106 valence electrons. The number of nitrogen functional groups attached to an aromatic ring is 1. The Kier molecular flexibility index (Phi) is 4.55. The molecular formula is C12H15N5O3. The third kappa shape index (κ3) is 4.87. The van der Waals surface area contributed by atoms with E-state index in [9.17, 15) is 9.59 Å². The number of nitrogens with two attached hydrogens (primary N) is 1. The van der Waals surface area contributed by atoms with Gasteiger partial charge in [0.05, 0.1) is 0 Å². The molecule has 2 amide bonds. The van der Waals surface area contributed by atoms with Crippen LogP contribution in [0, 0.1) is 0 Å². The number of rotatable bonds is 2. The normalized spacial score (nSPS) is 10.3. The third-order valence-electron chi connectivity index (χ3n) is 1.98. The summed E-state index contributed by atoms with van der Waals surface area (Å²) < 4.78 is 5.07. The number of amides is 2. The van der Waals surface area contributed by atoms with Gasteiger partial charge < -0.3 is 10.5 Å². The van der Waals surface area contributed by atoms with Gasteiger partial charge in [-0.15, -0.1) is 0 Å². The number of benzene rings is 1. The molecule has 0 saturated carbocycles. The van der Waals surface area contributed by atoms with Crippen LogP contribution in [0.1, 0.15) is 31.1 Å². The molecule has 0 fully saturated rings. The number of anilines is 2. The fraction of sp³-hybridized carbons (Fsp3) is 0.333. The number of nitrogens with one attached hydrogen (secondary N) is 1. The van der Waals surface area contributed by atoms with Crippen LogP contribution in [-0.4, -0.2) is 17.6 Å². The Bertz CT molecular complexity index is 585. The Morgan fingerprint density at radius 1 is 1.35 bits per heavy atom. The highest BCUT2D eigenvalue weighted by Crippen LogP contribution is 2.18. The lowest BCUT2D eigenvalue weighted by Gasteiger charge is -2.19. The van der Waals surface area contributed by atoms with E-state index in [0.717, 1.165) is 0 Å². The van der Waals surface area contributed by atoms with Gasteiger partial charge in [0.25, 0.3) is 0 Å². The molecule has 1 aromatic carbocycles. The zero-order valence-corrected chi connectivity index (χ0v) is 11.4. The van der Waals surface area contributed by atoms with Crippen molar-refractivity contribution in [2.24, 2.45) is 5.11 Å². The topological polar surface area (TPSA) is 130 Å². The second kappa shape index (κ2) is 5.94. The number of carbonyl (C=O) groups is 2. The van der Waals surface area contributed by atoms with Crippen LogP contribution >= 0.6 is 0 Å². The van der Waals surface area contributed by atoms with Crippen LogP contribution < -0.4 is 11.1 Å². The molecule has 1 aromatic rings. The fourth-order valence-corrected chi connectivity index (χ4v) is 1.37. The van der Waals surface area contributed by atoms with E-state index in [-0.39, 0.29) is 16.9 Å². The van der Waals surface area contributed by atoms with Gasteiger partial charge in [-0.25, -0.2) is 4.79 Å². The lowest BCUT2D eigenvalue weighted by atomic mass is 10.1. The summed E-state index contributed by atoms with van der Waals surface area (Å²) in [7, 11) is 0. The van der Waals surface area contributed by atoms with E-state index in [4.69, 9.17) is 16.0 Å². The molecule has 3 N–H and O–H groups in total. The van der Waals surface area contributed by atoms with Crippen LogP contribution in [0.25, 0.3) is 10.4 Å². The van der Waals surface area contributed by atoms with E-state index in [1.54, 1.807) is 20.8 Å². The van der Waals surface area contributed by atoms with Crippen molar-refractivity contribution in [3.05, 3.63) is 34.2 Å². The maximum Gasteiger partial charge on any atom is 0.412 e. The first-order chi connectivity index (χ1) is 9.21. The van der Waals surface area contributed by atoms with E-state index >= 15 is 0 Å². The molecule has 0 radical (unpaired) electrons. The second-order valence-corrected chi connectivity index (χ2v) is 4.97. The molecule has 20 heavy (non-hydrogen) atoms. The average Bonchev–Trinajstić information content (AvgIpc) is 2.25. The predicted octanol–water partition coefficient (Wildman–Crippen LogP) is 3.07. The van der Waals surface area contributed by atoms with Gasteiger partial charge in [0.1, 0.15) is 5.60 Å². The van der Waals surface area contributed by atoms with Crippen molar-refractivity contribution in [2.45, 2.75) is 26.4 Å². The van der Waals surface area contributed by atoms with Crippen LogP contribution in [0.15, 0.2) is 23.3 Å². The molecule has 8 nitrogen and oxygen atoms in total. The van der Waals surface area contributed by atoms with E-state index < -0.39 is 17.6 Å². The molecule has 8 heteroatoms. The van der Waals surface area contributed by atoms with Crippen molar-refractivity contribution in [2.75, 3.05) is 11.1 Å². The molecule has 0 aliphatic heterocycles. The standard InChI is InChI=1S/C12H15N5O3/c1-12(2,3)20-11(19)15-9-5-7(4-8(13)6-9)10(18)16-17-14/h4-6H,13H2,1-3H3,(H,15,19).